The van der Waals surface area contributed by atoms with Gasteiger partial charge in [-0.2, -0.15) is 0 Å². The van der Waals surface area contributed by atoms with Crippen molar-refractivity contribution in [3.8, 4) is 0 Å². The Balaban J connectivity index is 2.31. The fraction of sp³-hybridized carbons (Fsp3) is 0.692. The Bertz CT molecular complexity index is 373. The number of unbranched alkanes of at least 4 members (excludes halogenated alkanes) is 1. The minimum atomic E-state index is 0.881. The van der Waals surface area contributed by atoms with Crippen LogP contribution >= 0.6 is 11.3 Å². The summed E-state index contributed by atoms with van der Waals surface area (Å²) in [6.45, 7) is 6.17. The van der Waals surface area contributed by atoms with Gasteiger partial charge < -0.3 is 10.2 Å². The molecule has 0 unspecified atom stereocenters. The normalized spacial score (nSPS) is 11.7. The van der Waals surface area contributed by atoms with E-state index in [9.17, 15) is 0 Å². The summed E-state index contributed by atoms with van der Waals surface area (Å²) in [4.78, 5) is 10.9. The molecule has 0 amide bonds. The van der Waals surface area contributed by atoms with E-state index in [0.29, 0.717) is 0 Å². The summed E-state index contributed by atoms with van der Waals surface area (Å²) in [6.07, 6.45) is 3.35. The van der Waals surface area contributed by atoms with Gasteiger partial charge in [-0.15, -0.1) is 11.3 Å². The number of rotatable bonds is 6. The zero-order chi connectivity index (χ0) is 13.4. The van der Waals surface area contributed by atoms with Crippen molar-refractivity contribution in [2.75, 3.05) is 27.2 Å². The molecule has 5 heteroatoms. The Labute approximate surface area is 114 Å². The van der Waals surface area contributed by atoms with E-state index in [-0.39, 0.29) is 0 Å². The number of aromatic nitrogens is 1. The summed E-state index contributed by atoms with van der Waals surface area (Å²) in [5, 5.41) is 6.64. The molecule has 1 N–H and O–H groups in total. The molecule has 0 bridgehead atoms. The maximum absolute atomic E-state index is 4.45. The van der Waals surface area contributed by atoms with Crippen molar-refractivity contribution in [2.24, 2.45) is 4.99 Å². The van der Waals surface area contributed by atoms with Gasteiger partial charge in [-0.3, -0.25) is 4.99 Å². The first-order valence-corrected chi connectivity index (χ1v) is 7.38. The van der Waals surface area contributed by atoms with E-state index < -0.39 is 0 Å². The number of nitrogens with one attached hydrogen (secondary N) is 1. The smallest absolute Gasteiger partial charge is 0.193 e. The van der Waals surface area contributed by atoms with E-state index in [1.807, 2.05) is 14.0 Å². The Hall–Kier alpha value is -1.10. The Kier molecular flexibility index (Phi) is 6.72. The summed E-state index contributed by atoms with van der Waals surface area (Å²) < 4.78 is 0. The number of hydrogen-bond donors (Lipinski definition) is 1. The average Bonchev–Trinajstić information content (AvgIpc) is 2.77. The van der Waals surface area contributed by atoms with Crippen molar-refractivity contribution in [1.29, 1.82) is 0 Å². The average molecular weight is 268 g/mol. The molecule has 1 aromatic heterocycles. The molecule has 102 valence electrons. The van der Waals surface area contributed by atoms with Crippen LogP contribution in [0.25, 0.3) is 0 Å². The van der Waals surface area contributed by atoms with Crippen LogP contribution in [0.1, 0.15) is 30.5 Å². The molecule has 0 aliphatic rings. The van der Waals surface area contributed by atoms with Gasteiger partial charge in [0, 0.05) is 39.0 Å². The summed E-state index contributed by atoms with van der Waals surface area (Å²) in [7, 11) is 3.91. The maximum Gasteiger partial charge on any atom is 0.193 e. The Morgan fingerprint density at radius 1 is 1.56 bits per heavy atom. The van der Waals surface area contributed by atoms with Crippen LogP contribution in [0.3, 0.4) is 0 Å². The van der Waals surface area contributed by atoms with Crippen LogP contribution in [-0.4, -0.2) is 43.0 Å². The molecule has 0 radical (unpaired) electrons. The highest BCUT2D eigenvalue weighted by molar-refractivity contribution is 7.09. The van der Waals surface area contributed by atoms with Gasteiger partial charge in [-0.25, -0.2) is 4.98 Å². The van der Waals surface area contributed by atoms with Crippen LogP contribution in [0.2, 0.25) is 0 Å². The molecule has 0 spiro atoms. The summed E-state index contributed by atoms with van der Waals surface area (Å²) >= 11 is 1.71. The van der Waals surface area contributed by atoms with Crippen LogP contribution < -0.4 is 5.32 Å². The van der Waals surface area contributed by atoms with Gasteiger partial charge in [-0.1, -0.05) is 13.3 Å². The quantitative estimate of drug-likeness (QED) is 0.636. The molecule has 0 saturated carbocycles. The third kappa shape index (κ3) is 5.04. The Morgan fingerprint density at radius 2 is 2.33 bits per heavy atom. The van der Waals surface area contributed by atoms with E-state index in [0.717, 1.165) is 36.2 Å². The van der Waals surface area contributed by atoms with E-state index in [1.165, 1.54) is 12.8 Å². The second-order valence-corrected chi connectivity index (χ2v) is 5.42. The SMILES string of the molecule is CCCCN(C)C(=NC)NCCc1csc(C)n1. The van der Waals surface area contributed by atoms with Gasteiger partial charge in [0.15, 0.2) is 5.96 Å². The lowest BCUT2D eigenvalue weighted by Crippen LogP contribution is -2.40. The predicted molar refractivity (Wildman–Crippen MR) is 79.5 cm³/mol. The number of aryl methyl sites for hydroxylation is 1. The standard InChI is InChI=1S/C13H24N4S/c1-5-6-9-17(4)13(14-3)15-8-7-12-10-18-11(2)16-12/h10H,5-9H2,1-4H3,(H,14,15). The van der Waals surface area contributed by atoms with Crippen molar-refractivity contribution >= 4 is 17.3 Å². The molecule has 0 aliphatic carbocycles. The molecule has 1 aromatic rings. The molecule has 0 aromatic carbocycles. The number of thiazole rings is 1. The molecule has 0 saturated heterocycles. The molecule has 4 nitrogen and oxygen atoms in total. The van der Waals surface area contributed by atoms with Crippen molar-refractivity contribution in [3.63, 3.8) is 0 Å². The topological polar surface area (TPSA) is 40.5 Å². The zero-order valence-corrected chi connectivity index (χ0v) is 12.7. The monoisotopic (exact) mass is 268 g/mol. The molecule has 18 heavy (non-hydrogen) atoms. The van der Waals surface area contributed by atoms with Crippen LogP contribution in [0.4, 0.5) is 0 Å². The fourth-order valence-corrected chi connectivity index (χ4v) is 2.36. The number of nitrogens with zero attached hydrogens (tertiary/aromatic N) is 3. The van der Waals surface area contributed by atoms with Crippen molar-refractivity contribution in [3.05, 3.63) is 16.1 Å². The number of hydrogen-bond acceptors (Lipinski definition) is 3. The largest absolute Gasteiger partial charge is 0.356 e. The molecule has 1 rings (SSSR count). The van der Waals surface area contributed by atoms with E-state index >= 15 is 0 Å². The number of aliphatic imine (C=N–C) groups is 1. The van der Waals surface area contributed by atoms with Gasteiger partial charge >= 0.3 is 0 Å². The highest BCUT2D eigenvalue weighted by atomic mass is 32.1. The summed E-state index contributed by atoms with van der Waals surface area (Å²) in [6, 6.07) is 0. The maximum atomic E-state index is 4.45. The van der Waals surface area contributed by atoms with Gasteiger partial charge in [0.2, 0.25) is 0 Å². The van der Waals surface area contributed by atoms with Gasteiger partial charge in [-0.05, 0) is 13.3 Å². The predicted octanol–water partition coefficient (Wildman–Crippen LogP) is 2.30. The van der Waals surface area contributed by atoms with Crippen LogP contribution in [0.15, 0.2) is 10.4 Å². The second kappa shape index (κ2) is 8.08. The minimum absolute atomic E-state index is 0.881. The molecule has 0 atom stereocenters. The first-order valence-electron chi connectivity index (χ1n) is 6.50. The van der Waals surface area contributed by atoms with Crippen molar-refractivity contribution in [2.45, 2.75) is 33.1 Å². The van der Waals surface area contributed by atoms with Crippen molar-refractivity contribution < 1.29 is 0 Å². The Morgan fingerprint density at radius 3 is 2.89 bits per heavy atom. The molecule has 0 aliphatic heterocycles. The molecular weight excluding hydrogens is 244 g/mol. The molecule has 0 fully saturated rings. The van der Waals surface area contributed by atoms with Crippen LogP contribution in [-0.2, 0) is 6.42 Å². The van der Waals surface area contributed by atoms with Gasteiger partial charge in [0.05, 0.1) is 10.7 Å². The lowest BCUT2D eigenvalue weighted by molar-refractivity contribution is 0.465. The number of guanidine groups is 1. The minimum Gasteiger partial charge on any atom is -0.356 e. The van der Waals surface area contributed by atoms with E-state index in [2.05, 4.69) is 39.5 Å². The van der Waals surface area contributed by atoms with Crippen LogP contribution in [0, 0.1) is 6.92 Å². The van der Waals surface area contributed by atoms with E-state index in [1.54, 1.807) is 11.3 Å². The zero-order valence-electron chi connectivity index (χ0n) is 11.9. The first kappa shape index (κ1) is 15.0. The third-order valence-corrected chi connectivity index (χ3v) is 3.57. The first-order chi connectivity index (χ1) is 8.67. The lowest BCUT2D eigenvalue weighted by Gasteiger charge is -2.21. The summed E-state index contributed by atoms with van der Waals surface area (Å²) in [5.41, 5.74) is 1.16. The van der Waals surface area contributed by atoms with Gasteiger partial charge in [0.25, 0.3) is 0 Å². The second-order valence-electron chi connectivity index (χ2n) is 4.36. The fourth-order valence-electron chi connectivity index (χ4n) is 1.71. The van der Waals surface area contributed by atoms with Crippen molar-refractivity contribution in [1.82, 2.24) is 15.2 Å². The van der Waals surface area contributed by atoms with Crippen LogP contribution in [0.5, 0.6) is 0 Å². The van der Waals surface area contributed by atoms with E-state index in [4.69, 9.17) is 0 Å². The lowest BCUT2D eigenvalue weighted by atomic mass is 10.3. The molecular formula is C13H24N4S. The highest BCUT2D eigenvalue weighted by Gasteiger charge is 2.05. The molecule has 1 heterocycles. The third-order valence-electron chi connectivity index (χ3n) is 2.75. The summed E-state index contributed by atoms with van der Waals surface area (Å²) in [5.74, 6) is 0.968. The van der Waals surface area contributed by atoms with Gasteiger partial charge in [0.1, 0.15) is 0 Å². The highest BCUT2D eigenvalue weighted by Crippen LogP contribution is 2.07.